The Morgan fingerprint density at radius 1 is 1.53 bits per heavy atom. The van der Waals surface area contributed by atoms with E-state index in [-0.39, 0.29) is 0 Å². The molecular weight excluding hydrogens is 254 g/mol. The summed E-state index contributed by atoms with van der Waals surface area (Å²) < 4.78 is 2.16. The first-order valence-electron chi connectivity index (χ1n) is 5.44. The zero-order valence-electron chi connectivity index (χ0n) is 9.70. The van der Waals surface area contributed by atoms with Crippen LogP contribution >= 0.6 is 15.9 Å². The predicted molar refractivity (Wildman–Crippen MR) is 67.4 cm³/mol. The molecular formula is C11H20BrN3. The van der Waals surface area contributed by atoms with Gasteiger partial charge >= 0.3 is 0 Å². The average Bonchev–Trinajstić information content (AvgIpc) is 2.50. The van der Waals surface area contributed by atoms with Gasteiger partial charge in [0.1, 0.15) is 5.82 Å². The summed E-state index contributed by atoms with van der Waals surface area (Å²) in [7, 11) is 0. The number of imidazole rings is 1. The van der Waals surface area contributed by atoms with Crippen LogP contribution in [0.3, 0.4) is 0 Å². The molecule has 4 heteroatoms. The third-order valence-corrected chi connectivity index (χ3v) is 2.82. The molecule has 2 atom stereocenters. The van der Waals surface area contributed by atoms with E-state index in [9.17, 15) is 0 Å². The minimum absolute atomic E-state index is 0.559. The molecule has 1 heterocycles. The number of aromatic nitrogens is 2. The van der Waals surface area contributed by atoms with Crippen LogP contribution in [-0.4, -0.2) is 27.0 Å². The molecule has 0 saturated carbocycles. The zero-order valence-corrected chi connectivity index (χ0v) is 11.3. The number of hydrogen-bond donors (Lipinski definition) is 1. The second-order valence-corrected chi connectivity index (χ2v) is 5.60. The standard InChI is InChI=1S/C11H20BrN3/c1-9(12)8-10(2)13-4-6-15-7-5-14-11(15)3/h5,7,9-10,13H,4,6,8H2,1-3H3. The maximum Gasteiger partial charge on any atom is 0.105 e. The Balaban J connectivity index is 2.19. The molecule has 0 spiro atoms. The molecule has 86 valence electrons. The second kappa shape index (κ2) is 6.28. The van der Waals surface area contributed by atoms with Crippen LogP contribution in [0.5, 0.6) is 0 Å². The number of aryl methyl sites for hydroxylation is 1. The van der Waals surface area contributed by atoms with Crippen LogP contribution in [0.15, 0.2) is 12.4 Å². The zero-order chi connectivity index (χ0) is 11.3. The maximum atomic E-state index is 4.19. The fourth-order valence-corrected chi connectivity index (χ4v) is 2.20. The quantitative estimate of drug-likeness (QED) is 0.807. The van der Waals surface area contributed by atoms with Gasteiger partial charge in [0.05, 0.1) is 0 Å². The van der Waals surface area contributed by atoms with Gasteiger partial charge in [-0.15, -0.1) is 0 Å². The van der Waals surface area contributed by atoms with Crippen LogP contribution in [0.4, 0.5) is 0 Å². The number of halogens is 1. The Kier molecular flexibility index (Phi) is 5.32. The van der Waals surface area contributed by atoms with Gasteiger partial charge in [0, 0.05) is 36.4 Å². The summed E-state index contributed by atoms with van der Waals surface area (Å²) in [6.45, 7) is 8.42. The van der Waals surface area contributed by atoms with E-state index >= 15 is 0 Å². The highest BCUT2D eigenvalue weighted by Crippen LogP contribution is 2.06. The average molecular weight is 274 g/mol. The Bertz CT molecular complexity index is 283. The van der Waals surface area contributed by atoms with Gasteiger partial charge in [0.15, 0.2) is 0 Å². The molecule has 0 amide bonds. The highest BCUT2D eigenvalue weighted by molar-refractivity contribution is 9.09. The number of hydrogen-bond acceptors (Lipinski definition) is 2. The lowest BCUT2D eigenvalue weighted by Gasteiger charge is -2.15. The van der Waals surface area contributed by atoms with Gasteiger partial charge in [-0.25, -0.2) is 4.98 Å². The first-order chi connectivity index (χ1) is 7.09. The molecule has 1 N–H and O–H groups in total. The summed E-state index contributed by atoms with van der Waals surface area (Å²) in [5.41, 5.74) is 0. The fourth-order valence-electron chi connectivity index (χ4n) is 1.64. The summed E-state index contributed by atoms with van der Waals surface area (Å²) in [5, 5.41) is 3.50. The van der Waals surface area contributed by atoms with Crippen molar-refractivity contribution in [1.82, 2.24) is 14.9 Å². The lowest BCUT2D eigenvalue weighted by atomic mass is 10.2. The normalized spacial score (nSPS) is 15.2. The molecule has 0 radical (unpaired) electrons. The van der Waals surface area contributed by atoms with Crippen molar-refractivity contribution < 1.29 is 0 Å². The van der Waals surface area contributed by atoms with Crippen LogP contribution in [0.25, 0.3) is 0 Å². The third kappa shape index (κ3) is 4.80. The highest BCUT2D eigenvalue weighted by Gasteiger charge is 2.04. The lowest BCUT2D eigenvalue weighted by molar-refractivity contribution is 0.488. The lowest BCUT2D eigenvalue weighted by Crippen LogP contribution is -2.31. The summed E-state index contributed by atoms with van der Waals surface area (Å²) in [5.74, 6) is 1.08. The SMILES string of the molecule is Cc1nccn1CCNC(C)CC(C)Br. The van der Waals surface area contributed by atoms with Crippen molar-refractivity contribution >= 4 is 15.9 Å². The Hall–Kier alpha value is -0.350. The molecule has 0 fully saturated rings. The first-order valence-corrected chi connectivity index (χ1v) is 6.36. The molecule has 3 nitrogen and oxygen atoms in total. The molecule has 0 aliphatic heterocycles. The number of alkyl halides is 1. The van der Waals surface area contributed by atoms with Gasteiger partial charge in [0.25, 0.3) is 0 Å². The molecule has 2 unspecified atom stereocenters. The van der Waals surface area contributed by atoms with Crippen molar-refractivity contribution in [2.75, 3.05) is 6.54 Å². The van der Waals surface area contributed by atoms with E-state index in [1.807, 2.05) is 19.3 Å². The molecule has 0 saturated heterocycles. The molecule has 0 aliphatic carbocycles. The fraction of sp³-hybridized carbons (Fsp3) is 0.727. The van der Waals surface area contributed by atoms with Crippen molar-refractivity contribution in [3.05, 3.63) is 18.2 Å². The Morgan fingerprint density at radius 2 is 2.27 bits per heavy atom. The third-order valence-electron chi connectivity index (χ3n) is 2.45. The van der Waals surface area contributed by atoms with Crippen LogP contribution in [0, 0.1) is 6.92 Å². The van der Waals surface area contributed by atoms with Gasteiger partial charge in [-0.3, -0.25) is 0 Å². The van der Waals surface area contributed by atoms with Crippen molar-refractivity contribution in [1.29, 1.82) is 0 Å². The minimum atomic E-state index is 0.559. The van der Waals surface area contributed by atoms with Crippen molar-refractivity contribution in [2.24, 2.45) is 0 Å². The maximum absolute atomic E-state index is 4.19. The summed E-state index contributed by atoms with van der Waals surface area (Å²) in [6.07, 6.45) is 5.02. The van der Waals surface area contributed by atoms with Crippen molar-refractivity contribution in [3.8, 4) is 0 Å². The van der Waals surface area contributed by atoms with E-state index in [0.717, 1.165) is 25.3 Å². The number of nitrogens with one attached hydrogen (secondary N) is 1. The van der Waals surface area contributed by atoms with Gasteiger partial charge in [-0.1, -0.05) is 22.9 Å². The van der Waals surface area contributed by atoms with Gasteiger partial charge in [-0.2, -0.15) is 0 Å². The van der Waals surface area contributed by atoms with Crippen molar-refractivity contribution in [2.45, 2.75) is 44.6 Å². The van der Waals surface area contributed by atoms with Gasteiger partial charge in [0.2, 0.25) is 0 Å². The topological polar surface area (TPSA) is 29.9 Å². The van der Waals surface area contributed by atoms with E-state index in [4.69, 9.17) is 0 Å². The summed E-state index contributed by atoms with van der Waals surface area (Å²) >= 11 is 3.56. The highest BCUT2D eigenvalue weighted by atomic mass is 79.9. The molecule has 1 rings (SSSR count). The Morgan fingerprint density at radius 3 is 2.80 bits per heavy atom. The van der Waals surface area contributed by atoms with Gasteiger partial charge < -0.3 is 9.88 Å². The summed E-state index contributed by atoms with van der Waals surface area (Å²) in [6, 6.07) is 0.559. The second-order valence-electron chi connectivity index (χ2n) is 4.04. The van der Waals surface area contributed by atoms with Crippen LogP contribution in [-0.2, 0) is 6.54 Å². The summed E-state index contributed by atoms with van der Waals surface area (Å²) in [4.78, 5) is 4.77. The van der Waals surface area contributed by atoms with E-state index in [1.54, 1.807) is 0 Å². The van der Waals surface area contributed by atoms with Crippen LogP contribution in [0.1, 0.15) is 26.1 Å². The molecule has 15 heavy (non-hydrogen) atoms. The molecule has 0 bridgehead atoms. The monoisotopic (exact) mass is 273 g/mol. The van der Waals surface area contributed by atoms with Crippen LogP contribution < -0.4 is 5.32 Å². The minimum Gasteiger partial charge on any atom is -0.334 e. The molecule has 0 aromatic carbocycles. The van der Waals surface area contributed by atoms with Gasteiger partial charge in [-0.05, 0) is 20.3 Å². The van der Waals surface area contributed by atoms with Crippen molar-refractivity contribution in [3.63, 3.8) is 0 Å². The van der Waals surface area contributed by atoms with E-state index < -0.39 is 0 Å². The Labute approximate surface area is 100 Å². The molecule has 1 aromatic heterocycles. The number of rotatable bonds is 6. The number of nitrogens with zero attached hydrogens (tertiary/aromatic N) is 2. The molecule has 1 aromatic rings. The first kappa shape index (κ1) is 12.7. The van der Waals surface area contributed by atoms with E-state index in [0.29, 0.717) is 10.9 Å². The van der Waals surface area contributed by atoms with E-state index in [2.05, 4.69) is 44.6 Å². The molecule has 0 aliphatic rings. The predicted octanol–water partition coefficient (Wildman–Crippen LogP) is 2.34. The largest absolute Gasteiger partial charge is 0.334 e. The van der Waals surface area contributed by atoms with E-state index in [1.165, 1.54) is 0 Å². The van der Waals surface area contributed by atoms with Crippen LogP contribution in [0.2, 0.25) is 0 Å². The smallest absolute Gasteiger partial charge is 0.105 e.